The van der Waals surface area contributed by atoms with Gasteiger partial charge < -0.3 is 24.4 Å². The highest BCUT2D eigenvalue weighted by Crippen LogP contribution is 2.97. The predicted octanol–water partition coefficient (Wildman–Crippen LogP) is 6.13. The number of esters is 1. The van der Waals surface area contributed by atoms with Gasteiger partial charge in [-0.15, -0.1) is 0 Å². The largest absolute Gasteiger partial charge is 0.490 e. The Morgan fingerprint density at radius 2 is 1.76 bits per heavy atom. The molecular formula is C36H39F2NO6. The summed E-state index contributed by atoms with van der Waals surface area (Å²) in [6, 6.07) is 7.90. The first-order chi connectivity index (χ1) is 21.4. The minimum absolute atomic E-state index is 0.0309. The van der Waals surface area contributed by atoms with Crippen molar-refractivity contribution in [3.05, 3.63) is 76.0 Å². The quantitative estimate of drug-likeness (QED) is 0.249. The van der Waals surface area contributed by atoms with E-state index in [0.717, 1.165) is 28.3 Å². The summed E-state index contributed by atoms with van der Waals surface area (Å²) in [7, 11) is 0. The summed E-state index contributed by atoms with van der Waals surface area (Å²) in [4.78, 5) is 17.3. The molecule has 0 amide bonds. The van der Waals surface area contributed by atoms with Crippen molar-refractivity contribution in [1.82, 2.24) is 4.98 Å². The van der Waals surface area contributed by atoms with E-state index in [1.807, 2.05) is 45.9 Å². The van der Waals surface area contributed by atoms with Crippen LogP contribution in [-0.4, -0.2) is 46.1 Å². The molecule has 1 heterocycles. The molecule has 2 aromatic carbocycles. The van der Waals surface area contributed by atoms with Gasteiger partial charge in [-0.2, -0.15) is 0 Å². The highest BCUT2D eigenvalue weighted by atomic mass is 19.1. The molecule has 9 heteroatoms. The molecule has 5 atom stereocenters. The van der Waals surface area contributed by atoms with Crippen molar-refractivity contribution in [2.24, 2.45) is 23.2 Å². The molecule has 238 valence electrons. The lowest BCUT2D eigenvalue weighted by Gasteiger charge is -2.43. The fraction of sp³-hybridized carbons (Fsp3) is 0.500. The third kappa shape index (κ3) is 4.73. The van der Waals surface area contributed by atoms with E-state index in [1.54, 1.807) is 13.1 Å². The van der Waals surface area contributed by atoms with Crippen molar-refractivity contribution in [3.8, 4) is 22.8 Å². The monoisotopic (exact) mass is 619 g/mol. The molecule has 2 unspecified atom stereocenters. The fourth-order valence-electron chi connectivity index (χ4n) is 7.82. The van der Waals surface area contributed by atoms with Crippen molar-refractivity contribution in [3.63, 3.8) is 0 Å². The van der Waals surface area contributed by atoms with Gasteiger partial charge in [0.25, 0.3) is 0 Å². The number of aryl methyl sites for hydroxylation is 2. The molecule has 7 nitrogen and oxygen atoms in total. The second kappa shape index (κ2) is 10.5. The molecule has 5 aliphatic carbocycles. The van der Waals surface area contributed by atoms with E-state index in [-0.39, 0.29) is 66.0 Å². The van der Waals surface area contributed by atoms with Crippen molar-refractivity contribution >= 4 is 5.97 Å². The molecule has 3 fully saturated rings. The van der Waals surface area contributed by atoms with Crippen LogP contribution in [0.3, 0.4) is 0 Å². The van der Waals surface area contributed by atoms with Crippen molar-refractivity contribution in [1.29, 1.82) is 0 Å². The van der Waals surface area contributed by atoms with Crippen molar-refractivity contribution in [2.45, 2.75) is 77.6 Å². The average molecular weight is 620 g/mol. The third-order valence-electron chi connectivity index (χ3n) is 10.5. The van der Waals surface area contributed by atoms with Gasteiger partial charge in [-0.1, -0.05) is 13.8 Å². The zero-order valence-electron chi connectivity index (χ0n) is 26.2. The Hall–Kier alpha value is -3.56. The van der Waals surface area contributed by atoms with Crippen molar-refractivity contribution < 1.29 is 38.0 Å². The standard InChI is InChI=1S/C36H39F2NO6/c1-17(2)14-44-34(41)36-31-24-11-29(39-13-26(24)32(36)33(31)36)43-15-20-8-25(28(38)12-27(20)37)30-18(3)6-22(7-19(30)4)45-23-9-21(10-23)35(5,42)16-40/h6-8,11-13,17,21,23,31-33,40,42H,9-10,14-16H2,1-5H3/t21?,23?,31?,32-,33+,35?,36+/m0/s1. The molecule has 2 N–H and O–H groups in total. The van der Waals surface area contributed by atoms with Gasteiger partial charge in [0, 0.05) is 41.3 Å². The molecule has 0 spiro atoms. The summed E-state index contributed by atoms with van der Waals surface area (Å²) < 4.78 is 47.8. The van der Waals surface area contributed by atoms with Crippen molar-refractivity contribution in [2.75, 3.05) is 13.2 Å². The van der Waals surface area contributed by atoms with Crippen LogP contribution in [0.4, 0.5) is 8.78 Å². The first kappa shape index (κ1) is 30.1. The predicted molar refractivity (Wildman–Crippen MR) is 162 cm³/mol. The lowest BCUT2D eigenvalue weighted by molar-refractivity contribution is -0.149. The number of rotatable bonds is 11. The highest BCUT2D eigenvalue weighted by molar-refractivity contribution is 5.95. The number of carbonyl (C=O) groups excluding carboxylic acids is 1. The van der Waals surface area contributed by atoms with Crippen LogP contribution in [-0.2, 0) is 16.1 Å². The maximum Gasteiger partial charge on any atom is 0.313 e. The number of benzene rings is 2. The fourth-order valence-corrected chi connectivity index (χ4v) is 7.82. The van der Waals surface area contributed by atoms with Gasteiger partial charge in [0.2, 0.25) is 5.88 Å². The molecule has 0 aliphatic heterocycles. The summed E-state index contributed by atoms with van der Waals surface area (Å²) in [5.74, 6) is 0.332. The first-order valence-corrected chi connectivity index (χ1v) is 15.8. The Bertz CT molecular complexity index is 1680. The van der Waals surface area contributed by atoms with Gasteiger partial charge in [0.1, 0.15) is 24.0 Å². The molecule has 8 rings (SSSR count). The number of hydrogen-bond acceptors (Lipinski definition) is 7. The summed E-state index contributed by atoms with van der Waals surface area (Å²) in [6.45, 7) is 9.36. The average Bonchev–Trinajstić information content (AvgIpc) is 3.75. The maximum atomic E-state index is 15.2. The number of nitrogens with zero attached hydrogens (tertiary/aromatic N) is 1. The minimum atomic E-state index is -1.12. The SMILES string of the molecule is Cc1cc(OC2CC(C(C)(O)CO)C2)cc(C)c1-c1cc(COc2cc3c(cn2)[C@H]2[C@H]4C3[C@]42C(=O)OCC(C)C)c(F)cc1F. The molecular weight excluding hydrogens is 580 g/mol. The number of carbonyl (C=O) groups is 1. The van der Waals surface area contributed by atoms with Crippen LogP contribution in [0.5, 0.6) is 11.6 Å². The lowest BCUT2D eigenvalue weighted by Crippen LogP contribution is -2.49. The van der Waals surface area contributed by atoms with E-state index in [1.165, 1.54) is 6.07 Å². The molecule has 3 saturated carbocycles. The van der Waals surface area contributed by atoms with Gasteiger partial charge in [0.05, 0.1) is 30.3 Å². The number of aliphatic hydroxyl groups excluding tert-OH is 1. The highest BCUT2D eigenvalue weighted by Gasteiger charge is 2.95. The molecule has 2 bridgehead atoms. The molecule has 0 radical (unpaired) electrons. The van der Waals surface area contributed by atoms with Crippen LogP contribution in [0, 0.1) is 48.7 Å². The van der Waals surface area contributed by atoms with Gasteiger partial charge in [-0.05, 0) is 97.4 Å². The zero-order chi connectivity index (χ0) is 32.0. The summed E-state index contributed by atoms with van der Waals surface area (Å²) in [5, 5.41) is 19.7. The minimum Gasteiger partial charge on any atom is -0.490 e. The second-order valence-electron chi connectivity index (χ2n) is 14.1. The normalized spacial score (nSPS) is 28.1. The Labute approximate surface area is 261 Å². The first-order valence-electron chi connectivity index (χ1n) is 15.8. The van der Waals surface area contributed by atoms with E-state index < -0.39 is 22.7 Å². The maximum absolute atomic E-state index is 15.2. The van der Waals surface area contributed by atoms with Crippen LogP contribution in [0.15, 0.2) is 36.5 Å². The zero-order valence-corrected chi connectivity index (χ0v) is 26.2. The van der Waals surface area contributed by atoms with E-state index in [2.05, 4.69) is 4.98 Å². The molecule has 45 heavy (non-hydrogen) atoms. The Morgan fingerprint density at radius 3 is 2.42 bits per heavy atom. The van der Waals surface area contributed by atoms with Crippen LogP contribution in [0.25, 0.3) is 11.1 Å². The number of halogens is 2. The summed E-state index contributed by atoms with van der Waals surface area (Å²) >= 11 is 0. The summed E-state index contributed by atoms with van der Waals surface area (Å²) in [6.07, 6.45) is 2.95. The van der Waals surface area contributed by atoms with Gasteiger partial charge >= 0.3 is 5.97 Å². The topological polar surface area (TPSA) is 98.1 Å². The van der Waals surface area contributed by atoms with E-state index in [4.69, 9.17) is 14.2 Å². The number of hydrogen-bond donors (Lipinski definition) is 2. The number of ether oxygens (including phenoxy) is 3. The van der Waals surface area contributed by atoms with Gasteiger partial charge in [-0.3, -0.25) is 4.79 Å². The van der Waals surface area contributed by atoms with E-state index in [9.17, 15) is 19.4 Å². The van der Waals surface area contributed by atoms with E-state index in [0.29, 0.717) is 36.6 Å². The summed E-state index contributed by atoms with van der Waals surface area (Å²) in [5.41, 5.74) is 3.27. The molecule has 3 aromatic rings. The lowest BCUT2D eigenvalue weighted by atomic mass is 9.72. The van der Waals surface area contributed by atoms with E-state index >= 15 is 4.39 Å². The number of aromatic nitrogens is 1. The Morgan fingerprint density at radius 1 is 1.07 bits per heavy atom. The smallest absolute Gasteiger partial charge is 0.313 e. The van der Waals surface area contributed by atoms with Crippen LogP contribution in [0.2, 0.25) is 0 Å². The second-order valence-corrected chi connectivity index (χ2v) is 14.1. The number of aliphatic hydroxyl groups is 2. The Balaban J connectivity index is 1.04. The van der Waals surface area contributed by atoms with Crippen LogP contribution >= 0.6 is 0 Å². The Kier molecular flexibility index (Phi) is 7.02. The van der Waals surface area contributed by atoms with Gasteiger partial charge in [-0.25, -0.2) is 13.8 Å². The van der Waals surface area contributed by atoms with Crippen LogP contribution in [0.1, 0.15) is 73.3 Å². The third-order valence-corrected chi connectivity index (χ3v) is 10.5. The number of pyridine rings is 1. The van der Waals surface area contributed by atoms with Crippen LogP contribution < -0.4 is 9.47 Å². The molecule has 1 aromatic heterocycles. The molecule has 0 saturated heterocycles. The van der Waals surface area contributed by atoms with Gasteiger partial charge in [0.15, 0.2) is 0 Å². The molecule has 5 aliphatic rings.